The van der Waals surface area contributed by atoms with E-state index in [1.165, 1.54) is 0 Å². The van der Waals surface area contributed by atoms with Crippen molar-refractivity contribution in [3.8, 4) is 0 Å². The first-order valence-electron chi connectivity index (χ1n) is 4.70. The second kappa shape index (κ2) is 8.46. The Kier molecular flexibility index (Phi) is 7.48. The fourth-order valence-electron chi connectivity index (χ4n) is 0.648. The van der Waals surface area contributed by atoms with E-state index < -0.39 is 31.1 Å². The molecular weight excluding hydrogens is 216 g/mol. The Morgan fingerprint density at radius 1 is 1.12 bits per heavy atom. The van der Waals surface area contributed by atoms with E-state index >= 15 is 0 Å². The highest BCUT2D eigenvalue weighted by atomic mass is 16.7. The Bertz CT molecular complexity index is 270. The predicted molar refractivity (Wildman–Crippen MR) is 53.1 cm³/mol. The van der Waals surface area contributed by atoms with E-state index in [1.807, 2.05) is 6.92 Å². The van der Waals surface area contributed by atoms with E-state index in [4.69, 9.17) is 0 Å². The molecule has 0 bridgehead atoms. The first kappa shape index (κ1) is 14.2. The van der Waals surface area contributed by atoms with E-state index in [0.29, 0.717) is 6.42 Å². The van der Waals surface area contributed by atoms with Crippen molar-refractivity contribution in [2.24, 2.45) is 0 Å². The molecule has 0 aromatic carbocycles. The van der Waals surface area contributed by atoms with Gasteiger partial charge in [0.15, 0.2) is 0 Å². The number of hydrogen-bond donors (Lipinski definition) is 0. The highest BCUT2D eigenvalue weighted by Crippen LogP contribution is 1.93. The zero-order valence-electron chi connectivity index (χ0n) is 9.06. The highest BCUT2D eigenvalue weighted by molar-refractivity contribution is 5.91. The van der Waals surface area contributed by atoms with Gasteiger partial charge in [-0.2, -0.15) is 0 Å². The van der Waals surface area contributed by atoms with Crippen LogP contribution in [0.1, 0.15) is 19.8 Å². The van der Waals surface area contributed by atoms with Crippen LogP contribution in [0.2, 0.25) is 0 Å². The molecule has 6 heteroatoms. The third kappa shape index (κ3) is 7.54. The standard InChI is InChI=1S/C10H14O6/c1-3-5-14-9(12)6-10(13)16-7-15-8(11)4-2/h4H,2-3,5-7H2,1H3. The fourth-order valence-corrected chi connectivity index (χ4v) is 0.648. The monoisotopic (exact) mass is 230 g/mol. The minimum atomic E-state index is -0.807. The summed E-state index contributed by atoms with van der Waals surface area (Å²) in [6.45, 7) is 4.71. The molecule has 0 unspecified atom stereocenters. The maximum absolute atomic E-state index is 10.9. The molecular formula is C10H14O6. The van der Waals surface area contributed by atoms with Crippen LogP contribution in [0.4, 0.5) is 0 Å². The van der Waals surface area contributed by atoms with Gasteiger partial charge in [-0.15, -0.1) is 0 Å². The number of carbonyl (C=O) groups excluding carboxylic acids is 3. The van der Waals surface area contributed by atoms with Crippen LogP contribution in [-0.4, -0.2) is 31.3 Å². The molecule has 0 N–H and O–H groups in total. The van der Waals surface area contributed by atoms with Gasteiger partial charge in [0.2, 0.25) is 6.79 Å². The van der Waals surface area contributed by atoms with Crippen LogP contribution < -0.4 is 0 Å². The maximum atomic E-state index is 10.9. The lowest BCUT2D eigenvalue weighted by atomic mass is 10.4. The number of rotatable bonds is 7. The minimum Gasteiger partial charge on any atom is -0.465 e. The van der Waals surface area contributed by atoms with Gasteiger partial charge >= 0.3 is 17.9 Å². The Labute approximate surface area is 93.2 Å². The summed E-state index contributed by atoms with van der Waals surface area (Å²) in [7, 11) is 0. The lowest BCUT2D eigenvalue weighted by Crippen LogP contribution is -2.16. The summed E-state index contributed by atoms with van der Waals surface area (Å²) < 4.78 is 13.5. The van der Waals surface area contributed by atoms with E-state index in [-0.39, 0.29) is 6.61 Å². The third-order valence-corrected chi connectivity index (χ3v) is 1.34. The van der Waals surface area contributed by atoms with Crippen molar-refractivity contribution in [1.82, 2.24) is 0 Å². The summed E-state index contributed by atoms with van der Waals surface area (Å²) in [5.41, 5.74) is 0. The maximum Gasteiger partial charge on any atom is 0.333 e. The fraction of sp³-hybridized carbons (Fsp3) is 0.500. The summed E-state index contributed by atoms with van der Waals surface area (Å²) in [5, 5.41) is 0. The zero-order valence-corrected chi connectivity index (χ0v) is 9.06. The molecule has 0 rings (SSSR count). The van der Waals surface area contributed by atoms with Crippen molar-refractivity contribution < 1.29 is 28.6 Å². The molecule has 0 aliphatic carbocycles. The third-order valence-electron chi connectivity index (χ3n) is 1.34. The number of ether oxygens (including phenoxy) is 3. The van der Waals surface area contributed by atoms with Gasteiger partial charge in [-0.05, 0) is 6.42 Å². The van der Waals surface area contributed by atoms with Gasteiger partial charge in [-0.3, -0.25) is 9.59 Å². The van der Waals surface area contributed by atoms with Gasteiger partial charge in [0.25, 0.3) is 0 Å². The first-order chi connectivity index (χ1) is 7.60. The van der Waals surface area contributed by atoms with Crippen LogP contribution in [0.3, 0.4) is 0 Å². The summed E-state index contributed by atoms with van der Waals surface area (Å²) in [6, 6.07) is 0. The molecule has 90 valence electrons. The van der Waals surface area contributed by atoms with Crippen LogP contribution in [0, 0.1) is 0 Å². The van der Waals surface area contributed by atoms with Gasteiger partial charge in [0.05, 0.1) is 6.61 Å². The lowest BCUT2D eigenvalue weighted by molar-refractivity contribution is -0.166. The topological polar surface area (TPSA) is 78.9 Å². The van der Waals surface area contributed by atoms with Crippen LogP contribution >= 0.6 is 0 Å². The molecule has 0 aromatic heterocycles. The number of esters is 3. The van der Waals surface area contributed by atoms with E-state index in [2.05, 4.69) is 20.8 Å². The first-order valence-corrected chi connectivity index (χ1v) is 4.70. The highest BCUT2D eigenvalue weighted by Gasteiger charge is 2.11. The van der Waals surface area contributed by atoms with E-state index in [0.717, 1.165) is 6.08 Å². The largest absolute Gasteiger partial charge is 0.465 e. The summed E-state index contributed by atoms with van der Waals surface area (Å²) in [4.78, 5) is 32.4. The summed E-state index contributed by atoms with van der Waals surface area (Å²) >= 11 is 0. The normalized spacial score (nSPS) is 9.06. The van der Waals surface area contributed by atoms with Crippen LogP contribution in [0.5, 0.6) is 0 Å². The molecule has 0 heterocycles. The average molecular weight is 230 g/mol. The summed E-state index contributed by atoms with van der Waals surface area (Å²) in [6.07, 6.45) is 1.12. The molecule has 6 nitrogen and oxygen atoms in total. The second-order valence-electron chi connectivity index (χ2n) is 2.70. The van der Waals surface area contributed by atoms with Crippen molar-refractivity contribution in [3.63, 3.8) is 0 Å². The van der Waals surface area contributed by atoms with E-state index in [9.17, 15) is 14.4 Å². The number of hydrogen-bond acceptors (Lipinski definition) is 6. The van der Waals surface area contributed by atoms with Crippen molar-refractivity contribution >= 4 is 17.9 Å². The smallest absolute Gasteiger partial charge is 0.333 e. The molecule has 0 spiro atoms. The van der Waals surface area contributed by atoms with Gasteiger partial charge in [0.1, 0.15) is 6.42 Å². The van der Waals surface area contributed by atoms with Crippen LogP contribution in [0.15, 0.2) is 12.7 Å². The zero-order chi connectivity index (χ0) is 12.4. The molecule has 0 aliphatic rings. The predicted octanol–water partition coefficient (Wildman–Crippen LogP) is 0.560. The van der Waals surface area contributed by atoms with Crippen LogP contribution in [-0.2, 0) is 28.6 Å². The quantitative estimate of drug-likeness (QED) is 0.275. The van der Waals surface area contributed by atoms with Gasteiger partial charge in [-0.1, -0.05) is 13.5 Å². The summed E-state index contributed by atoms with van der Waals surface area (Å²) in [5.74, 6) is -2.18. The number of carbonyl (C=O) groups is 3. The molecule has 0 atom stereocenters. The molecule has 16 heavy (non-hydrogen) atoms. The van der Waals surface area contributed by atoms with Crippen molar-refractivity contribution in [2.45, 2.75) is 19.8 Å². The SMILES string of the molecule is C=CC(=O)OCOC(=O)CC(=O)OCCC. The van der Waals surface area contributed by atoms with Gasteiger partial charge in [-0.25, -0.2) is 4.79 Å². The molecule has 0 aromatic rings. The minimum absolute atomic E-state index is 0.261. The molecule has 0 radical (unpaired) electrons. The Morgan fingerprint density at radius 3 is 2.31 bits per heavy atom. The van der Waals surface area contributed by atoms with Gasteiger partial charge < -0.3 is 14.2 Å². The van der Waals surface area contributed by atoms with Gasteiger partial charge in [0, 0.05) is 6.08 Å². The van der Waals surface area contributed by atoms with Crippen molar-refractivity contribution in [1.29, 1.82) is 0 Å². The van der Waals surface area contributed by atoms with E-state index in [1.54, 1.807) is 0 Å². The Balaban J connectivity index is 3.62. The second-order valence-corrected chi connectivity index (χ2v) is 2.70. The van der Waals surface area contributed by atoms with Crippen molar-refractivity contribution in [3.05, 3.63) is 12.7 Å². The van der Waals surface area contributed by atoms with Crippen molar-refractivity contribution in [2.75, 3.05) is 13.4 Å². The molecule has 0 fully saturated rings. The van der Waals surface area contributed by atoms with Crippen LogP contribution in [0.25, 0.3) is 0 Å². The molecule has 0 saturated carbocycles. The molecule has 0 amide bonds. The Morgan fingerprint density at radius 2 is 1.75 bits per heavy atom. The molecule has 0 aliphatic heterocycles. The molecule has 0 saturated heterocycles. The lowest BCUT2D eigenvalue weighted by Gasteiger charge is -2.04. The Hall–Kier alpha value is -1.85. The average Bonchev–Trinajstić information content (AvgIpc) is 2.25.